The van der Waals surface area contributed by atoms with E-state index in [4.69, 9.17) is 0 Å². The van der Waals surface area contributed by atoms with Crippen LogP contribution in [0.15, 0.2) is 59.1 Å². The van der Waals surface area contributed by atoms with Crippen LogP contribution in [0.4, 0.5) is 0 Å². The van der Waals surface area contributed by atoms with Gasteiger partial charge in [-0.2, -0.15) is 0 Å². The lowest BCUT2D eigenvalue weighted by atomic mass is 9.82. The molecule has 2 nitrogen and oxygen atoms in total. The normalized spacial score (nSPS) is 22.1. The summed E-state index contributed by atoms with van der Waals surface area (Å²) < 4.78 is 1.18. The molecule has 0 saturated carbocycles. The van der Waals surface area contributed by atoms with E-state index in [2.05, 4.69) is 80.8 Å². The zero-order chi connectivity index (χ0) is 18.9. The monoisotopic (exact) mass is 434 g/mol. The number of benzene rings is 2. The van der Waals surface area contributed by atoms with E-state index >= 15 is 0 Å². The van der Waals surface area contributed by atoms with Crippen LogP contribution in [0.3, 0.4) is 0 Å². The molecule has 0 fully saturated rings. The van der Waals surface area contributed by atoms with Gasteiger partial charge in [0.2, 0.25) is 0 Å². The Hall–Kier alpha value is -1.84. The predicted molar refractivity (Wildman–Crippen MR) is 122 cm³/mol. The van der Waals surface area contributed by atoms with Crippen LogP contribution >= 0.6 is 15.9 Å². The summed E-state index contributed by atoms with van der Waals surface area (Å²) in [5.74, 6) is 0.804. The maximum absolute atomic E-state index is 3.72. The van der Waals surface area contributed by atoms with Crippen LogP contribution in [0.25, 0.3) is 16.5 Å². The van der Waals surface area contributed by atoms with Gasteiger partial charge in [0.15, 0.2) is 0 Å². The summed E-state index contributed by atoms with van der Waals surface area (Å²) >= 11 is 3.64. The molecule has 2 aromatic carbocycles. The average Bonchev–Trinajstić information content (AvgIpc) is 3.10. The molecule has 2 unspecified atom stereocenters. The fourth-order valence-electron chi connectivity index (χ4n) is 5.01. The Bertz CT molecular complexity index is 1000. The number of halogens is 1. The van der Waals surface area contributed by atoms with Crippen molar-refractivity contribution in [2.45, 2.75) is 44.6 Å². The Morgan fingerprint density at radius 3 is 2.79 bits per heavy atom. The van der Waals surface area contributed by atoms with E-state index in [-0.39, 0.29) is 0 Å². The highest BCUT2D eigenvalue weighted by Crippen LogP contribution is 2.35. The summed E-state index contributed by atoms with van der Waals surface area (Å²) in [7, 11) is 0. The first-order valence-electron chi connectivity index (χ1n) is 10.5. The minimum atomic E-state index is 0.610. The van der Waals surface area contributed by atoms with E-state index in [9.17, 15) is 0 Å². The largest absolute Gasteiger partial charge is 0.358 e. The Labute approximate surface area is 175 Å². The molecule has 5 rings (SSSR count). The standard InChI is InChI=1S/C25H27BrN2/c26-20-8-11-25-23(16-20)22-14-17(7-10-24(22)28-25)6-9-21-15-19(12-13-27-21)18-4-2-1-3-5-18/h1-5,8,11-12,16-17,21,27-28H,6-7,9-10,13-15H2. The lowest BCUT2D eigenvalue weighted by Crippen LogP contribution is -2.33. The third-order valence-electron chi connectivity index (χ3n) is 6.54. The van der Waals surface area contributed by atoms with Crippen LogP contribution in [-0.4, -0.2) is 17.6 Å². The van der Waals surface area contributed by atoms with Crippen molar-refractivity contribution in [3.63, 3.8) is 0 Å². The van der Waals surface area contributed by atoms with E-state index < -0.39 is 0 Å². The van der Waals surface area contributed by atoms with Gasteiger partial charge in [-0.05, 0) is 79.3 Å². The molecule has 2 aliphatic rings. The maximum atomic E-state index is 3.72. The summed E-state index contributed by atoms with van der Waals surface area (Å²) in [6.07, 6.45) is 9.84. The molecule has 0 saturated heterocycles. The van der Waals surface area contributed by atoms with Crippen molar-refractivity contribution in [1.82, 2.24) is 10.3 Å². The highest BCUT2D eigenvalue weighted by Gasteiger charge is 2.24. The van der Waals surface area contributed by atoms with Gasteiger partial charge >= 0.3 is 0 Å². The molecule has 3 aromatic rings. The molecule has 1 aliphatic heterocycles. The van der Waals surface area contributed by atoms with Crippen molar-refractivity contribution >= 4 is 32.4 Å². The number of hydrogen-bond acceptors (Lipinski definition) is 1. The minimum Gasteiger partial charge on any atom is -0.358 e. The van der Waals surface area contributed by atoms with Gasteiger partial charge in [-0.1, -0.05) is 52.3 Å². The topological polar surface area (TPSA) is 27.8 Å². The number of fused-ring (bicyclic) bond motifs is 3. The van der Waals surface area contributed by atoms with Gasteiger partial charge < -0.3 is 10.3 Å². The molecule has 1 aliphatic carbocycles. The van der Waals surface area contributed by atoms with Gasteiger partial charge in [-0.15, -0.1) is 0 Å². The van der Waals surface area contributed by atoms with Gasteiger partial charge in [-0.3, -0.25) is 0 Å². The molecular formula is C25H27BrN2. The fourth-order valence-corrected chi connectivity index (χ4v) is 5.37. The van der Waals surface area contributed by atoms with Crippen LogP contribution < -0.4 is 5.32 Å². The van der Waals surface area contributed by atoms with E-state index in [1.54, 1.807) is 5.56 Å². The van der Waals surface area contributed by atoms with Gasteiger partial charge in [0.1, 0.15) is 0 Å². The van der Waals surface area contributed by atoms with Crippen molar-refractivity contribution in [2.75, 3.05) is 6.54 Å². The summed E-state index contributed by atoms with van der Waals surface area (Å²) in [4.78, 5) is 3.65. The minimum absolute atomic E-state index is 0.610. The zero-order valence-electron chi connectivity index (χ0n) is 16.2. The van der Waals surface area contributed by atoms with Gasteiger partial charge in [0, 0.05) is 33.7 Å². The number of H-pyrrole nitrogens is 1. The quantitative estimate of drug-likeness (QED) is 0.497. The van der Waals surface area contributed by atoms with Gasteiger partial charge in [0.25, 0.3) is 0 Å². The van der Waals surface area contributed by atoms with Crippen LogP contribution in [0, 0.1) is 5.92 Å². The van der Waals surface area contributed by atoms with E-state index in [0.717, 1.165) is 18.9 Å². The Kier molecular flexibility index (Phi) is 5.13. The van der Waals surface area contributed by atoms with Crippen LogP contribution in [0.2, 0.25) is 0 Å². The molecule has 2 heterocycles. The van der Waals surface area contributed by atoms with Crippen molar-refractivity contribution < 1.29 is 0 Å². The molecule has 0 bridgehead atoms. The molecule has 0 radical (unpaired) electrons. The smallest absolute Gasteiger partial charge is 0.0459 e. The van der Waals surface area contributed by atoms with Crippen molar-refractivity contribution in [2.24, 2.45) is 5.92 Å². The molecular weight excluding hydrogens is 408 g/mol. The van der Waals surface area contributed by atoms with Crippen LogP contribution in [-0.2, 0) is 12.8 Å². The predicted octanol–water partition coefficient (Wildman–Crippen LogP) is 6.26. The Morgan fingerprint density at radius 2 is 1.89 bits per heavy atom. The Morgan fingerprint density at radius 1 is 1.00 bits per heavy atom. The molecule has 1 aromatic heterocycles. The fraction of sp³-hybridized carbons (Fsp3) is 0.360. The average molecular weight is 435 g/mol. The van der Waals surface area contributed by atoms with Crippen LogP contribution in [0.1, 0.15) is 42.5 Å². The number of aromatic nitrogens is 1. The summed E-state index contributed by atoms with van der Waals surface area (Å²) in [5, 5.41) is 5.14. The maximum Gasteiger partial charge on any atom is 0.0459 e. The highest BCUT2D eigenvalue weighted by atomic mass is 79.9. The first-order valence-corrected chi connectivity index (χ1v) is 11.3. The first-order chi connectivity index (χ1) is 13.8. The number of aryl methyl sites for hydroxylation is 1. The van der Waals surface area contributed by atoms with Crippen molar-refractivity contribution in [3.05, 3.63) is 75.9 Å². The second-order valence-electron chi connectivity index (χ2n) is 8.36. The number of rotatable bonds is 4. The van der Waals surface area contributed by atoms with E-state index in [1.165, 1.54) is 64.3 Å². The van der Waals surface area contributed by atoms with Gasteiger partial charge in [0.05, 0.1) is 0 Å². The third kappa shape index (κ3) is 3.70. The molecule has 2 N–H and O–H groups in total. The van der Waals surface area contributed by atoms with E-state index in [1.807, 2.05) is 0 Å². The van der Waals surface area contributed by atoms with Crippen LogP contribution in [0.5, 0.6) is 0 Å². The van der Waals surface area contributed by atoms with Gasteiger partial charge in [-0.25, -0.2) is 0 Å². The SMILES string of the molecule is Brc1ccc2[nH]c3c(c2c1)CC(CCC1CC(c2ccccc2)=CCN1)CC3. The Balaban J connectivity index is 1.23. The molecule has 144 valence electrons. The second-order valence-corrected chi connectivity index (χ2v) is 9.28. The summed E-state index contributed by atoms with van der Waals surface area (Å²) in [6.45, 7) is 1.00. The van der Waals surface area contributed by atoms with Crippen molar-refractivity contribution in [1.29, 1.82) is 0 Å². The number of nitrogens with one attached hydrogen (secondary N) is 2. The van der Waals surface area contributed by atoms with Crippen molar-refractivity contribution in [3.8, 4) is 0 Å². The zero-order valence-corrected chi connectivity index (χ0v) is 17.8. The summed E-state index contributed by atoms with van der Waals surface area (Å²) in [6, 6.07) is 18.1. The lowest BCUT2D eigenvalue weighted by Gasteiger charge is -2.28. The number of hydrogen-bond donors (Lipinski definition) is 2. The molecule has 2 atom stereocenters. The lowest BCUT2D eigenvalue weighted by molar-refractivity contribution is 0.374. The highest BCUT2D eigenvalue weighted by molar-refractivity contribution is 9.10. The van der Waals surface area contributed by atoms with E-state index in [0.29, 0.717) is 6.04 Å². The molecule has 0 amide bonds. The first kappa shape index (κ1) is 18.2. The molecule has 3 heteroatoms. The second kappa shape index (κ2) is 7.88. The summed E-state index contributed by atoms with van der Waals surface area (Å²) in [5.41, 5.74) is 7.22. The molecule has 0 spiro atoms. The number of aromatic amines is 1. The third-order valence-corrected chi connectivity index (χ3v) is 7.03. The molecule has 28 heavy (non-hydrogen) atoms.